The molecule has 122 valence electrons. The summed E-state index contributed by atoms with van der Waals surface area (Å²) >= 11 is 4.52. The first kappa shape index (κ1) is 17.6. The summed E-state index contributed by atoms with van der Waals surface area (Å²) in [5.41, 5.74) is 0.999. The minimum Gasteiger partial charge on any atom is -0.612 e. The fraction of sp³-hybridized carbons (Fsp3) is 0.250. The summed E-state index contributed by atoms with van der Waals surface area (Å²) in [6.45, 7) is 1.85. The monoisotopic (exact) mass is 352 g/mol. The summed E-state index contributed by atoms with van der Waals surface area (Å²) < 4.78 is 16.9. The molecule has 7 heteroatoms. The van der Waals surface area contributed by atoms with Gasteiger partial charge >= 0.3 is 0 Å². The first-order valence-corrected chi connectivity index (χ1v) is 8.80. The normalized spacial score (nSPS) is 13.3. The molecule has 0 saturated carbocycles. The van der Waals surface area contributed by atoms with Crippen molar-refractivity contribution in [3.8, 4) is 5.75 Å². The number of rotatable bonds is 5. The Kier molecular flexibility index (Phi) is 5.87. The van der Waals surface area contributed by atoms with E-state index >= 15 is 0 Å². The molecular formula is C16H17ClN2O3S. The van der Waals surface area contributed by atoms with Crippen LogP contribution in [-0.2, 0) is 11.2 Å². The Hall–Kier alpha value is -1.76. The lowest BCUT2D eigenvalue weighted by Gasteiger charge is -2.16. The third kappa shape index (κ3) is 4.37. The Balaban J connectivity index is 2.19. The smallest absolute Gasteiger partial charge is 0.275 e. The van der Waals surface area contributed by atoms with E-state index in [-0.39, 0.29) is 16.9 Å². The molecule has 2 atom stereocenters. The zero-order chi connectivity index (χ0) is 17.0. The van der Waals surface area contributed by atoms with Crippen molar-refractivity contribution >= 4 is 28.7 Å². The number of hydrogen-bond acceptors (Lipinski definition) is 4. The molecule has 0 aliphatic rings. The Labute approximate surface area is 143 Å². The largest absolute Gasteiger partial charge is 0.612 e. The molecule has 0 fully saturated rings. The van der Waals surface area contributed by atoms with Gasteiger partial charge in [-0.15, -0.1) is 0 Å². The molecule has 0 spiro atoms. The first-order chi connectivity index (χ1) is 10.9. The number of halogens is 1. The molecule has 2 aromatic rings. The zero-order valence-electron chi connectivity index (χ0n) is 13.0. The van der Waals surface area contributed by atoms with Gasteiger partial charge in [0, 0.05) is 0 Å². The quantitative estimate of drug-likeness (QED) is 0.663. The fourth-order valence-corrected chi connectivity index (χ4v) is 2.88. The van der Waals surface area contributed by atoms with Gasteiger partial charge in [0.05, 0.1) is 13.2 Å². The second kappa shape index (κ2) is 7.68. The molecule has 1 unspecified atom stereocenters. The Morgan fingerprint density at radius 2 is 1.96 bits per heavy atom. The number of pyridine rings is 1. The molecular weight excluding hydrogens is 336 g/mol. The van der Waals surface area contributed by atoms with Gasteiger partial charge in [-0.25, -0.2) is 4.98 Å². The minimum atomic E-state index is -1.33. The van der Waals surface area contributed by atoms with E-state index < -0.39 is 17.1 Å². The second-order valence-corrected chi connectivity index (χ2v) is 6.64. The molecule has 5 nitrogen and oxygen atoms in total. The molecule has 1 aromatic heterocycles. The van der Waals surface area contributed by atoms with E-state index in [1.165, 1.54) is 12.3 Å². The van der Waals surface area contributed by atoms with Gasteiger partial charge in [-0.05, 0) is 47.9 Å². The number of methoxy groups -OCH3 is 1. The number of carbonyl (C=O) groups excluding carboxylic acids is 1. The highest BCUT2D eigenvalue weighted by atomic mass is 35.5. The lowest BCUT2D eigenvalue weighted by atomic mass is 10.1. The van der Waals surface area contributed by atoms with Crippen LogP contribution in [0, 0.1) is 0 Å². The molecule has 0 aliphatic carbocycles. The molecule has 0 radical (unpaired) electrons. The second-order valence-electron chi connectivity index (χ2n) is 4.90. The highest BCUT2D eigenvalue weighted by Gasteiger charge is 2.22. The standard InChI is InChI=1S/C16H17ClN2O3S/c1-10(11-4-6-12(22-2)7-5-11)18-16(20)15-13(23(3)21)8-9-14(17)19-15/h4-10H,1-3H3,(H,18,20)/t10-,23?/m1/s1. The van der Waals surface area contributed by atoms with Crippen LogP contribution in [0.2, 0.25) is 5.15 Å². The number of hydrogen-bond donors (Lipinski definition) is 1. The van der Waals surface area contributed by atoms with Gasteiger partial charge in [0.2, 0.25) is 0 Å². The van der Waals surface area contributed by atoms with Gasteiger partial charge in [0.15, 0.2) is 10.6 Å². The molecule has 1 N–H and O–H groups in total. The van der Waals surface area contributed by atoms with Crippen molar-refractivity contribution in [1.82, 2.24) is 10.3 Å². The van der Waals surface area contributed by atoms with Crippen molar-refractivity contribution in [3.05, 3.63) is 52.8 Å². The van der Waals surface area contributed by atoms with E-state index in [2.05, 4.69) is 10.3 Å². The van der Waals surface area contributed by atoms with Gasteiger partial charge < -0.3 is 14.6 Å². The predicted octanol–water partition coefficient (Wildman–Crippen LogP) is 2.97. The average molecular weight is 353 g/mol. The minimum absolute atomic E-state index is 0.0821. The average Bonchev–Trinajstić information content (AvgIpc) is 2.54. The highest BCUT2D eigenvalue weighted by molar-refractivity contribution is 7.90. The molecule has 1 amide bonds. The lowest BCUT2D eigenvalue weighted by molar-refractivity contribution is 0.0931. The topological polar surface area (TPSA) is 74.3 Å². The van der Waals surface area contributed by atoms with Gasteiger partial charge in [0.25, 0.3) is 5.91 Å². The van der Waals surface area contributed by atoms with E-state index in [1.807, 2.05) is 31.2 Å². The first-order valence-electron chi connectivity index (χ1n) is 6.87. The van der Waals surface area contributed by atoms with Crippen LogP contribution in [0.3, 0.4) is 0 Å². The van der Waals surface area contributed by atoms with Crippen molar-refractivity contribution in [2.45, 2.75) is 17.9 Å². The molecule has 0 bridgehead atoms. The van der Waals surface area contributed by atoms with Crippen LogP contribution in [0.5, 0.6) is 5.75 Å². The van der Waals surface area contributed by atoms with E-state index in [0.717, 1.165) is 11.3 Å². The summed E-state index contributed by atoms with van der Waals surface area (Å²) in [7, 11) is 1.59. The van der Waals surface area contributed by atoms with Crippen molar-refractivity contribution in [2.75, 3.05) is 13.4 Å². The van der Waals surface area contributed by atoms with Crippen LogP contribution in [0.4, 0.5) is 0 Å². The molecule has 2 rings (SSSR count). The highest BCUT2D eigenvalue weighted by Crippen LogP contribution is 2.20. The molecule has 1 aromatic carbocycles. The number of nitrogens with zero attached hydrogens (tertiary/aromatic N) is 1. The van der Waals surface area contributed by atoms with Crippen molar-refractivity contribution in [2.24, 2.45) is 0 Å². The third-order valence-electron chi connectivity index (χ3n) is 3.31. The number of benzene rings is 1. The Morgan fingerprint density at radius 1 is 1.30 bits per heavy atom. The maximum atomic E-state index is 12.4. The predicted molar refractivity (Wildman–Crippen MR) is 90.5 cm³/mol. The fourth-order valence-electron chi connectivity index (χ4n) is 2.06. The van der Waals surface area contributed by atoms with Crippen molar-refractivity contribution in [1.29, 1.82) is 0 Å². The zero-order valence-corrected chi connectivity index (χ0v) is 14.6. The Bertz CT molecular complexity index is 692. The van der Waals surface area contributed by atoms with Gasteiger partial charge in [-0.2, -0.15) is 0 Å². The van der Waals surface area contributed by atoms with E-state index in [0.29, 0.717) is 4.90 Å². The summed E-state index contributed by atoms with van der Waals surface area (Å²) in [4.78, 5) is 16.8. The number of nitrogens with one attached hydrogen (secondary N) is 1. The number of ether oxygens (including phenoxy) is 1. The lowest BCUT2D eigenvalue weighted by Crippen LogP contribution is -2.29. The van der Waals surface area contributed by atoms with Crippen molar-refractivity contribution in [3.63, 3.8) is 0 Å². The van der Waals surface area contributed by atoms with Crippen LogP contribution >= 0.6 is 11.6 Å². The molecule has 1 heterocycles. The van der Waals surface area contributed by atoms with Crippen LogP contribution < -0.4 is 10.1 Å². The summed E-state index contributed by atoms with van der Waals surface area (Å²) in [5, 5.41) is 3.02. The van der Waals surface area contributed by atoms with E-state index in [4.69, 9.17) is 16.3 Å². The summed E-state index contributed by atoms with van der Waals surface area (Å²) in [5.74, 6) is 0.327. The maximum absolute atomic E-state index is 12.4. The van der Waals surface area contributed by atoms with Crippen LogP contribution in [0.1, 0.15) is 29.0 Å². The van der Waals surface area contributed by atoms with Gasteiger partial charge in [0.1, 0.15) is 17.2 Å². The van der Waals surface area contributed by atoms with Crippen LogP contribution in [0.25, 0.3) is 0 Å². The summed E-state index contributed by atoms with van der Waals surface area (Å²) in [6.07, 6.45) is 1.49. The van der Waals surface area contributed by atoms with Gasteiger partial charge in [-0.1, -0.05) is 23.7 Å². The summed E-state index contributed by atoms with van der Waals surface area (Å²) in [6, 6.07) is 10.2. The number of amides is 1. The Morgan fingerprint density at radius 3 is 2.52 bits per heavy atom. The van der Waals surface area contributed by atoms with E-state index in [9.17, 15) is 9.35 Å². The van der Waals surface area contributed by atoms with Gasteiger partial charge in [-0.3, -0.25) is 4.79 Å². The van der Waals surface area contributed by atoms with Crippen LogP contribution in [0.15, 0.2) is 41.3 Å². The van der Waals surface area contributed by atoms with E-state index in [1.54, 1.807) is 13.2 Å². The maximum Gasteiger partial charge on any atom is 0.275 e. The SMILES string of the molecule is COc1ccc([C@@H](C)NC(=O)c2nc(Cl)ccc2[S+](C)[O-])cc1. The number of carbonyl (C=O) groups is 1. The third-order valence-corrected chi connectivity index (χ3v) is 4.47. The van der Waals surface area contributed by atoms with Crippen molar-refractivity contribution < 1.29 is 14.1 Å². The molecule has 23 heavy (non-hydrogen) atoms. The molecule has 0 aliphatic heterocycles. The number of aromatic nitrogens is 1. The van der Waals surface area contributed by atoms with Crippen LogP contribution in [-0.4, -0.2) is 28.8 Å². The molecule has 0 saturated heterocycles.